The summed E-state index contributed by atoms with van der Waals surface area (Å²) in [5.41, 5.74) is 2.80. The third kappa shape index (κ3) is 3.37. The molecule has 3 rings (SSSR count). The average Bonchev–Trinajstić information content (AvgIpc) is 3.25. The highest BCUT2D eigenvalue weighted by Crippen LogP contribution is 2.24. The average molecular weight is 331 g/mol. The molecule has 6 heteroatoms. The molecule has 1 amide bonds. The first kappa shape index (κ1) is 15.9. The predicted octanol–water partition coefficient (Wildman–Crippen LogP) is 2.89. The molecule has 23 heavy (non-hydrogen) atoms. The number of ketones is 1. The number of likely N-dealkylation sites (tertiary alicyclic amines) is 1. The van der Waals surface area contributed by atoms with E-state index in [1.807, 2.05) is 36.3 Å². The van der Waals surface area contributed by atoms with Crippen molar-refractivity contribution >= 4 is 23.0 Å². The van der Waals surface area contributed by atoms with Crippen molar-refractivity contribution in [3.63, 3.8) is 0 Å². The molecule has 1 atom stereocenters. The SMILES string of the molecule is Cc1n[nH]c(C)c1CC(=O)N1CCCC1CC(=O)c1cccs1. The van der Waals surface area contributed by atoms with Gasteiger partial charge < -0.3 is 4.90 Å². The number of aryl methyl sites for hydroxylation is 2. The standard InChI is InChI=1S/C17H21N3O2S/c1-11-14(12(2)19-18-11)10-17(22)20-7-3-5-13(20)9-15(21)16-6-4-8-23-16/h4,6,8,13H,3,5,7,9-10H2,1-2H3,(H,18,19). The van der Waals surface area contributed by atoms with E-state index >= 15 is 0 Å². The van der Waals surface area contributed by atoms with Gasteiger partial charge in [0, 0.05) is 30.3 Å². The lowest BCUT2D eigenvalue weighted by Crippen LogP contribution is -2.37. The summed E-state index contributed by atoms with van der Waals surface area (Å²) in [7, 11) is 0. The summed E-state index contributed by atoms with van der Waals surface area (Å²) >= 11 is 1.47. The monoisotopic (exact) mass is 331 g/mol. The number of hydrogen-bond donors (Lipinski definition) is 1. The summed E-state index contributed by atoms with van der Waals surface area (Å²) in [4.78, 5) is 27.7. The van der Waals surface area contributed by atoms with Gasteiger partial charge in [-0.15, -0.1) is 11.3 Å². The topological polar surface area (TPSA) is 66.1 Å². The fourth-order valence-corrected chi connectivity index (χ4v) is 3.89. The fourth-order valence-electron chi connectivity index (χ4n) is 3.22. The smallest absolute Gasteiger partial charge is 0.227 e. The van der Waals surface area contributed by atoms with Crippen molar-refractivity contribution in [2.45, 2.75) is 45.6 Å². The second-order valence-corrected chi connectivity index (χ2v) is 7.02. The normalized spacial score (nSPS) is 17.7. The van der Waals surface area contributed by atoms with Crippen LogP contribution in [0.15, 0.2) is 17.5 Å². The summed E-state index contributed by atoms with van der Waals surface area (Å²) in [6.07, 6.45) is 2.66. The Morgan fingerprint density at radius 3 is 2.91 bits per heavy atom. The van der Waals surface area contributed by atoms with E-state index in [-0.39, 0.29) is 17.7 Å². The van der Waals surface area contributed by atoms with Gasteiger partial charge in [-0.2, -0.15) is 5.10 Å². The molecule has 2 aromatic rings. The van der Waals surface area contributed by atoms with E-state index in [1.165, 1.54) is 11.3 Å². The van der Waals surface area contributed by atoms with Gasteiger partial charge in [0.1, 0.15) is 0 Å². The van der Waals surface area contributed by atoms with Crippen LogP contribution in [-0.2, 0) is 11.2 Å². The van der Waals surface area contributed by atoms with Crippen LogP contribution in [0.1, 0.15) is 45.9 Å². The quantitative estimate of drug-likeness (QED) is 0.857. The van der Waals surface area contributed by atoms with E-state index in [1.54, 1.807) is 0 Å². The molecule has 1 N–H and O–H groups in total. The Balaban J connectivity index is 1.66. The van der Waals surface area contributed by atoms with E-state index in [9.17, 15) is 9.59 Å². The molecule has 3 heterocycles. The second kappa shape index (κ2) is 6.66. The summed E-state index contributed by atoms with van der Waals surface area (Å²) in [5, 5.41) is 8.98. The van der Waals surface area contributed by atoms with Gasteiger partial charge in [0.25, 0.3) is 0 Å². The number of Topliss-reactive ketones (excluding diaryl/α,β-unsaturated/α-hetero) is 1. The molecule has 0 saturated carbocycles. The number of thiophene rings is 1. The number of amides is 1. The number of H-pyrrole nitrogens is 1. The lowest BCUT2D eigenvalue weighted by molar-refractivity contribution is -0.131. The number of carbonyl (C=O) groups excluding carboxylic acids is 2. The van der Waals surface area contributed by atoms with Crippen LogP contribution in [0.3, 0.4) is 0 Å². The molecule has 0 spiro atoms. The largest absolute Gasteiger partial charge is 0.339 e. The fraction of sp³-hybridized carbons (Fsp3) is 0.471. The Labute approximate surface area is 139 Å². The van der Waals surface area contributed by atoms with E-state index in [2.05, 4.69) is 10.2 Å². The summed E-state index contributed by atoms with van der Waals surface area (Å²) in [6.45, 7) is 4.59. The Morgan fingerprint density at radius 2 is 2.26 bits per heavy atom. The number of aromatic nitrogens is 2. The van der Waals surface area contributed by atoms with Crippen molar-refractivity contribution in [1.82, 2.24) is 15.1 Å². The molecule has 1 unspecified atom stereocenters. The zero-order chi connectivity index (χ0) is 16.4. The minimum atomic E-state index is 0.0320. The Bertz CT molecular complexity index is 686. The first-order chi connectivity index (χ1) is 11.1. The van der Waals surface area contributed by atoms with Gasteiger partial charge in [-0.1, -0.05) is 6.07 Å². The lowest BCUT2D eigenvalue weighted by Gasteiger charge is -2.24. The second-order valence-electron chi connectivity index (χ2n) is 6.08. The van der Waals surface area contributed by atoms with Crippen molar-refractivity contribution in [2.24, 2.45) is 0 Å². The maximum absolute atomic E-state index is 12.7. The van der Waals surface area contributed by atoms with Crippen LogP contribution < -0.4 is 0 Å². The maximum Gasteiger partial charge on any atom is 0.227 e. The first-order valence-electron chi connectivity index (χ1n) is 7.93. The number of carbonyl (C=O) groups is 2. The molecular formula is C17H21N3O2S. The molecule has 2 aromatic heterocycles. The summed E-state index contributed by atoms with van der Waals surface area (Å²) in [6, 6.07) is 3.77. The molecule has 0 aliphatic carbocycles. The first-order valence-corrected chi connectivity index (χ1v) is 8.81. The summed E-state index contributed by atoms with van der Waals surface area (Å²) < 4.78 is 0. The highest BCUT2D eigenvalue weighted by Gasteiger charge is 2.31. The molecular weight excluding hydrogens is 310 g/mol. The van der Waals surface area contributed by atoms with Gasteiger partial charge in [0.05, 0.1) is 17.0 Å². The molecule has 0 bridgehead atoms. The molecule has 1 fully saturated rings. The molecule has 0 aromatic carbocycles. The number of rotatable bonds is 5. The predicted molar refractivity (Wildman–Crippen MR) is 89.8 cm³/mol. The minimum absolute atomic E-state index is 0.0320. The zero-order valence-electron chi connectivity index (χ0n) is 13.5. The van der Waals surface area contributed by atoms with E-state index in [0.29, 0.717) is 12.8 Å². The zero-order valence-corrected chi connectivity index (χ0v) is 14.3. The molecule has 0 radical (unpaired) electrons. The molecule has 1 aliphatic rings. The highest BCUT2D eigenvalue weighted by atomic mass is 32.1. The van der Waals surface area contributed by atoms with Crippen molar-refractivity contribution < 1.29 is 9.59 Å². The molecule has 1 aliphatic heterocycles. The van der Waals surface area contributed by atoms with Crippen LogP contribution in [-0.4, -0.2) is 39.4 Å². The van der Waals surface area contributed by atoms with E-state index < -0.39 is 0 Å². The van der Waals surface area contributed by atoms with Gasteiger partial charge in [-0.05, 0) is 38.1 Å². The van der Waals surface area contributed by atoms with Crippen LogP contribution in [0.5, 0.6) is 0 Å². The Morgan fingerprint density at radius 1 is 1.43 bits per heavy atom. The van der Waals surface area contributed by atoms with Gasteiger partial charge in [-0.25, -0.2) is 0 Å². The number of nitrogens with zero attached hydrogens (tertiary/aromatic N) is 2. The van der Waals surface area contributed by atoms with Gasteiger partial charge in [0.2, 0.25) is 5.91 Å². The third-order valence-corrected chi connectivity index (χ3v) is 5.43. The van der Waals surface area contributed by atoms with Crippen molar-refractivity contribution in [3.05, 3.63) is 39.3 Å². The summed E-state index contributed by atoms with van der Waals surface area (Å²) in [5.74, 6) is 0.236. The van der Waals surface area contributed by atoms with Crippen LogP contribution in [0.2, 0.25) is 0 Å². The highest BCUT2D eigenvalue weighted by molar-refractivity contribution is 7.12. The number of aromatic amines is 1. The maximum atomic E-state index is 12.7. The van der Waals surface area contributed by atoms with Crippen LogP contribution in [0.25, 0.3) is 0 Å². The van der Waals surface area contributed by atoms with E-state index in [4.69, 9.17) is 0 Å². The van der Waals surface area contributed by atoms with Crippen LogP contribution >= 0.6 is 11.3 Å². The van der Waals surface area contributed by atoms with E-state index in [0.717, 1.165) is 41.2 Å². The van der Waals surface area contributed by atoms with Gasteiger partial charge >= 0.3 is 0 Å². The third-order valence-electron chi connectivity index (χ3n) is 4.52. The van der Waals surface area contributed by atoms with Gasteiger partial charge in [0.15, 0.2) is 5.78 Å². The molecule has 122 valence electrons. The number of hydrogen-bond acceptors (Lipinski definition) is 4. The van der Waals surface area contributed by atoms with Crippen molar-refractivity contribution in [1.29, 1.82) is 0 Å². The van der Waals surface area contributed by atoms with Crippen LogP contribution in [0.4, 0.5) is 0 Å². The Hall–Kier alpha value is -1.95. The van der Waals surface area contributed by atoms with Crippen molar-refractivity contribution in [2.75, 3.05) is 6.54 Å². The molecule has 5 nitrogen and oxygen atoms in total. The van der Waals surface area contributed by atoms with Gasteiger partial charge in [-0.3, -0.25) is 14.7 Å². The van der Waals surface area contributed by atoms with Crippen molar-refractivity contribution in [3.8, 4) is 0 Å². The van der Waals surface area contributed by atoms with Crippen LogP contribution in [0, 0.1) is 13.8 Å². The minimum Gasteiger partial charge on any atom is -0.339 e. The Kier molecular flexibility index (Phi) is 4.61. The lowest BCUT2D eigenvalue weighted by atomic mass is 10.1. The molecule has 1 saturated heterocycles. The number of nitrogens with one attached hydrogen (secondary N) is 1.